The highest BCUT2D eigenvalue weighted by Gasteiger charge is 2.28. The van der Waals surface area contributed by atoms with E-state index in [1.54, 1.807) is 0 Å². The third kappa shape index (κ3) is 3.13. The van der Waals surface area contributed by atoms with E-state index in [1.165, 1.54) is 17.7 Å². The average molecular weight is 276 g/mol. The number of nitrogens with zero attached hydrogens (tertiary/aromatic N) is 2. The molecule has 0 bridgehead atoms. The molecule has 1 fully saturated rings. The average Bonchev–Trinajstić information content (AvgIpc) is 2.64. The molecule has 1 aliphatic carbocycles. The first-order valence-corrected chi connectivity index (χ1v) is 7.92. The molecule has 1 saturated carbocycles. The van der Waals surface area contributed by atoms with E-state index in [0.29, 0.717) is 24.0 Å². The topological polar surface area (TPSA) is 34.9 Å². The molecule has 0 radical (unpaired) electrons. The van der Waals surface area contributed by atoms with Crippen molar-refractivity contribution >= 4 is 5.78 Å². The predicted octanol–water partition coefficient (Wildman–Crippen LogP) is 3.61. The second-order valence-corrected chi connectivity index (χ2v) is 6.70. The summed E-state index contributed by atoms with van der Waals surface area (Å²) in [5.41, 5.74) is 3.53. The Morgan fingerprint density at radius 2 is 1.95 bits per heavy atom. The monoisotopic (exact) mass is 276 g/mol. The van der Waals surface area contributed by atoms with Crippen molar-refractivity contribution in [3.63, 3.8) is 0 Å². The zero-order valence-corrected chi connectivity index (χ0v) is 13.6. The Balaban J connectivity index is 1.92. The number of rotatable bonds is 4. The van der Waals surface area contributed by atoms with Gasteiger partial charge in [0.2, 0.25) is 0 Å². The van der Waals surface area contributed by atoms with Crippen LogP contribution >= 0.6 is 0 Å². The van der Waals surface area contributed by atoms with E-state index in [9.17, 15) is 4.79 Å². The molecule has 3 nitrogen and oxygen atoms in total. The largest absolute Gasteiger partial charge is 0.299 e. The summed E-state index contributed by atoms with van der Waals surface area (Å²) < 4.78 is 1.92. The summed E-state index contributed by atoms with van der Waals surface area (Å²) >= 11 is 0. The van der Waals surface area contributed by atoms with Crippen LogP contribution in [0.1, 0.15) is 56.5 Å². The van der Waals surface area contributed by atoms with E-state index < -0.39 is 0 Å². The SMILES string of the molecule is Cc1nn(C)c(C)c1CCC(=O)C1CCC(C)C(C)C1. The van der Waals surface area contributed by atoms with E-state index in [2.05, 4.69) is 25.9 Å². The number of hydrogen-bond acceptors (Lipinski definition) is 2. The summed E-state index contributed by atoms with van der Waals surface area (Å²) in [6.45, 7) is 8.73. The van der Waals surface area contributed by atoms with Gasteiger partial charge in [0.1, 0.15) is 5.78 Å². The molecule has 1 aliphatic rings. The van der Waals surface area contributed by atoms with E-state index in [0.717, 1.165) is 30.9 Å². The Morgan fingerprint density at radius 3 is 2.50 bits per heavy atom. The quantitative estimate of drug-likeness (QED) is 0.842. The summed E-state index contributed by atoms with van der Waals surface area (Å²) in [5.74, 6) is 2.24. The molecule has 0 spiro atoms. The zero-order valence-electron chi connectivity index (χ0n) is 13.6. The molecular weight excluding hydrogens is 248 g/mol. The Labute approximate surface area is 122 Å². The molecule has 1 aromatic rings. The first-order valence-electron chi connectivity index (χ1n) is 7.92. The van der Waals surface area contributed by atoms with Gasteiger partial charge in [-0.15, -0.1) is 0 Å². The fraction of sp³-hybridized carbons (Fsp3) is 0.765. The first-order chi connectivity index (χ1) is 9.40. The lowest BCUT2D eigenvalue weighted by Gasteiger charge is -2.31. The molecule has 1 heterocycles. The van der Waals surface area contributed by atoms with E-state index in [4.69, 9.17) is 0 Å². The van der Waals surface area contributed by atoms with Crippen LogP contribution in [-0.2, 0) is 18.3 Å². The van der Waals surface area contributed by atoms with Crippen molar-refractivity contribution in [3.8, 4) is 0 Å². The van der Waals surface area contributed by atoms with E-state index >= 15 is 0 Å². The highest BCUT2D eigenvalue weighted by molar-refractivity contribution is 5.81. The first kappa shape index (κ1) is 15.3. The fourth-order valence-corrected chi connectivity index (χ4v) is 3.47. The van der Waals surface area contributed by atoms with Crippen molar-refractivity contribution in [3.05, 3.63) is 17.0 Å². The van der Waals surface area contributed by atoms with Gasteiger partial charge >= 0.3 is 0 Å². The second-order valence-electron chi connectivity index (χ2n) is 6.70. The van der Waals surface area contributed by atoms with Crippen LogP contribution < -0.4 is 0 Å². The fourth-order valence-electron chi connectivity index (χ4n) is 3.47. The van der Waals surface area contributed by atoms with E-state index in [-0.39, 0.29) is 0 Å². The number of carbonyl (C=O) groups is 1. The summed E-state index contributed by atoms with van der Waals surface area (Å²) in [7, 11) is 1.97. The molecule has 2 rings (SSSR count). The van der Waals surface area contributed by atoms with Crippen molar-refractivity contribution in [1.29, 1.82) is 0 Å². The van der Waals surface area contributed by atoms with Crippen molar-refractivity contribution in [2.24, 2.45) is 24.8 Å². The molecule has 0 saturated heterocycles. The summed E-state index contributed by atoms with van der Waals surface area (Å²) in [4.78, 5) is 12.4. The van der Waals surface area contributed by atoms with Gasteiger partial charge in [0.05, 0.1) is 5.69 Å². The minimum Gasteiger partial charge on any atom is -0.299 e. The maximum atomic E-state index is 12.4. The normalized spacial score (nSPS) is 26.8. The highest BCUT2D eigenvalue weighted by atomic mass is 16.1. The predicted molar refractivity (Wildman–Crippen MR) is 81.7 cm³/mol. The van der Waals surface area contributed by atoms with Crippen LogP contribution in [0.5, 0.6) is 0 Å². The Hall–Kier alpha value is -1.12. The number of ketones is 1. The van der Waals surface area contributed by atoms with E-state index in [1.807, 2.05) is 18.7 Å². The van der Waals surface area contributed by atoms with Gasteiger partial charge in [-0.05, 0) is 56.9 Å². The highest BCUT2D eigenvalue weighted by Crippen LogP contribution is 2.34. The van der Waals surface area contributed by atoms with Gasteiger partial charge in [-0.25, -0.2) is 0 Å². The van der Waals surface area contributed by atoms with Gasteiger partial charge < -0.3 is 0 Å². The molecule has 3 heteroatoms. The minimum atomic E-state index is 0.304. The van der Waals surface area contributed by atoms with Crippen LogP contribution in [0, 0.1) is 31.6 Å². The number of aromatic nitrogens is 2. The van der Waals surface area contributed by atoms with Crippen LogP contribution in [0.4, 0.5) is 0 Å². The van der Waals surface area contributed by atoms with Gasteiger partial charge in [-0.2, -0.15) is 5.10 Å². The van der Waals surface area contributed by atoms with Gasteiger partial charge in [0, 0.05) is 25.1 Å². The Bertz CT molecular complexity index is 489. The molecule has 0 aromatic carbocycles. The van der Waals surface area contributed by atoms with Crippen molar-refractivity contribution < 1.29 is 4.79 Å². The standard InChI is InChI=1S/C17H28N2O/c1-11-6-7-15(10-12(11)2)17(20)9-8-16-13(3)18-19(5)14(16)4/h11-12,15H,6-10H2,1-5H3. The van der Waals surface area contributed by atoms with Gasteiger partial charge in [0.25, 0.3) is 0 Å². The number of hydrogen-bond donors (Lipinski definition) is 0. The molecule has 0 N–H and O–H groups in total. The van der Waals surface area contributed by atoms with Gasteiger partial charge in [-0.1, -0.05) is 13.8 Å². The maximum Gasteiger partial charge on any atom is 0.136 e. The Morgan fingerprint density at radius 1 is 1.25 bits per heavy atom. The minimum absolute atomic E-state index is 0.304. The van der Waals surface area contributed by atoms with Crippen molar-refractivity contribution in [1.82, 2.24) is 9.78 Å². The molecule has 1 aromatic heterocycles. The maximum absolute atomic E-state index is 12.4. The summed E-state index contributed by atoms with van der Waals surface area (Å²) in [5, 5.41) is 4.43. The number of aryl methyl sites for hydroxylation is 2. The lowest BCUT2D eigenvalue weighted by molar-refractivity contribution is -0.124. The molecule has 3 unspecified atom stereocenters. The molecule has 20 heavy (non-hydrogen) atoms. The van der Waals surface area contributed by atoms with Gasteiger partial charge in [-0.3, -0.25) is 9.48 Å². The molecule has 0 amide bonds. The zero-order chi connectivity index (χ0) is 14.9. The van der Waals surface area contributed by atoms with Crippen LogP contribution in [0.25, 0.3) is 0 Å². The lowest BCUT2D eigenvalue weighted by Crippen LogP contribution is -2.26. The summed E-state index contributed by atoms with van der Waals surface area (Å²) in [6.07, 6.45) is 4.92. The Kier molecular flexibility index (Phi) is 4.66. The van der Waals surface area contributed by atoms with Gasteiger partial charge in [0.15, 0.2) is 0 Å². The number of Topliss-reactive ketones (excluding diaryl/α,β-unsaturated/α-hetero) is 1. The summed E-state index contributed by atoms with van der Waals surface area (Å²) in [6, 6.07) is 0. The van der Waals surface area contributed by atoms with Crippen molar-refractivity contribution in [2.75, 3.05) is 0 Å². The van der Waals surface area contributed by atoms with Crippen LogP contribution in [0.2, 0.25) is 0 Å². The number of carbonyl (C=O) groups excluding carboxylic acids is 1. The van der Waals surface area contributed by atoms with Crippen molar-refractivity contribution in [2.45, 2.75) is 59.8 Å². The van der Waals surface area contributed by atoms with Crippen LogP contribution in [0.15, 0.2) is 0 Å². The van der Waals surface area contributed by atoms with Crippen LogP contribution in [-0.4, -0.2) is 15.6 Å². The molecule has 0 aliphatic heterocycles. The van der Waals surface area contributed by atoms with Crippen LogP contribution in [0.3, 0.4) is 0 Å². The molecule has 3 atom stereocenters. The smallest absolute Gasteiger partial charge is 0.136 e. The third-order valence-corrected chi connectivity index (χ3v) is 5.33. The molecular formula is C17H28N2O. The lowest BCUT2D eigenvalue weighted by atomic mass is 9.74. The third-order valence-electron chi connectivity index (χ3n) is 5.33. The molecule has 112 valence electrons. The second kappa shape index (κ2) is 6.11.